The van der Waals surface area contributed by atoms with E-state index < -0.39 is 9.84 Å². The summed E-state index contributed by atoms with van der Waals surface area (Å²) in [5.41, 5.74) is 0. The van der Waals surface area contributed by atoms with E-state index in [-0.39, 0.29) is 30.1 Å². The summed E-state index contributed by atoms with van der Waals surface area (Å²) >= 11 is 0. The van der Waals surface area contributed by atoms with Crippen LogP contribution in [0.15, 0.2) is 0 Å². The van der Waals surface area contributed by atoms with Crippen LogP contribution in [-0.4, -0.2) is 56.9 Å². The second-order valence-electron chi connectivity index (χ2n) is 4.97. The maximum Gasteiger partial charge on any atom is 0.222 e. The monoisotopic (exact) mass is 312 g/mol. The van der Waals surface area contributed by atoms with Crippen LogP contribution in [-0.2, 0) is 14.6 Å². The molecule has 1 unspecified atom stereocenters. The molecule has 0 spiro atoms. The summed E-state index contributed by atoms with van der Waals surface area (Å²) in [6, 6.07) is 0.288. The van der Waals surface area contributed by atoms with Crippen molar-refractivity contribution in [2.24, 2.45) is 0 Å². The molecule has 1 atom stereocenters. The SMILES string of the molecule is CCCN(C(=O)CCCS(C)(=O)=O)C1CCNC1.Cl. The number of nitrogens with one attached hydrogen (secondary N) is 1. The van der Waals surface area contributed by atoms with E-state index in [9.17, 15) is 13.2 Å². The number of hydrogen-bond acceptors (Lipinski definition) is 4. The zero-order valence-electron chi connectivity index (χ0n) is 11.7. The fourth-order valence-corrected chi connectivity index (χ4v) is 2.96. The fourth-order valence-electron chi connectivity index (χ4n) is 2.29. The minimum atomic E-state index is -2.96. The van der Waals surface area contributed by atoms with Gasteiger partial charge in [0.05, 0.1) is 5.75 Å². The molecule has 7 heteroatoms. The Balaban J connectivity index is 0.00000324. The average molecular weight is 313 g/mol. The lowest BCUT2D eigenvalue weighted by Gasteiger charge is -2.28. The summed E-state index contributed by atoms with van der Waals surface area (Å²) in [5, 5.41) is 3.26. The number of carbonyl (C=O) groups is 1. The summed E-state index contributed by atoms with van der Waals surface area (Å²) in [6.07, 6.45) is 3.91. The highest BCUT2D eigenvalue weighted by Gasteiger charge is 2.25. The second-order valence-corrected chi connectivity index (χ2v) is 7.23. The highest BCUT2D eigenvalue weighted by molar-refractivity contribution is 7.90. The average Bonchev–Trinajstić information content (AvgIpc) is 2.77. The van der Waals surface area contributed by atoms with Crippen molar-refractivity contribution in [3.05, 3.63) is 0 Å². The van der Waals surface area contributed by atoms with Crippen molar-refractivity contribution >= 4 is 28.2 Å². The molecule has 1 rings (SSSR count). The van der Waals surface area contributed by atoms with Gasteiger partial charge in [-0.1, -0.05) is 6.92 Å². The highest BCUT2D eigenvalue weighted by atomic mass is 35.5. The Labute approximate surface area is 122 Å². The van der Waals surface area contributed by atoms with Gasteiger partial charge in [-0.15, -0.1) is 12.4 Å². The normalized spacial score (nSPS) is 18.9. The Hall–Kier alpha value is -0.330. The largest absolute Gasteiger partial charge is 0.338 e. The summed E-state index contributed by atoms with van der Waals surface area (Å²) < 4.78 is 22.1. The van der Waals surface area contributed by atoms with Crippen molar-refractivity contribution in [3.63, 3.8) is 0 Å². The van der Waals surface area contributed by atoms with Gasteiger partial charge in [0.2, 0.25) is 5.91 Å². The lowest BCUT2D eigenvalue weighted by atomic mass is 10.2. The van der Waals surface area contributed by atoms with Gasteiger partial charge in [-0.3, -0.25) is 4.79 Å². The van der Waals surface area contributed by atoms with E-state index in [0.29, 0.717) is 12.8 Å². The molecular weight excluding hydrogens is 288 g/mol. The Morgan fingerprint density at radius 2 is 2.11 bits per heavy atom. The van der Waals surface area contributed by atoms with Gasteiger partial charge >= 0.3 is 0 Å². The molecule has 1 fully saturated rings. The van der Waals surface area contributed by atoms with Crippen molar-refractivity contribution in [1.82, 2.24) is 10.2 Å². The molecule has 1 N–H and O–H groups in total. The first-order valence-corrected chi connectivity index (χ1v) is 8.68. The molecule has 0 aromatic heterocycles. The van der Waals surface area contributed by atoms with Crippen LogP contribution in [0.3, 0.4) is 0 Å². The van der Waals surface area contributed by atoms with Crippen LogP contribution >= 0.6 is 12.4 Å². The lowest BCUT2D eigenvalue weighted by molar-refractivity contribution is -0.133. The van der Waals surface area contributed by atoms with Crippen LogP contribution in [0.2, 0.25) is 0 Å². The van der Waals surface area contributed by atoms with E-state index in [1.54, 1.807) is 0 Å². The first-order valence-electron chi connectivity index (χ1n) is 6.62. The number of sulfone groups is 1. The maximum atomic E-state index is 12.1. The maximum absolute atomic E-state index is 12.1. The molecule has 0 saturated carbocycles. The number of halogens is 1. The number of nitrogens with zero attached hydrogens (tertiary/aromatic N) is 1. The Kier molecular flexibility index (Phi) is 8.61. The molecule has 114 valence electrons. The third-order valence-corrected chi connectivity index (χ3v) is 4.20. The van der Waals surface area contributed by atoms with Gasteiger partial charge in [0, 0.05) is 31.8 Å². The minimum absolute atomic E-state index is 0. The Morgan fingerprint density at radius 1 is 1.42 bits per heavy atom. The van der Waals surface area contributed by atoms with Crippen LogP contribution < -0.4 is 5.32 Å². The molecule has 0 bridgehead atoms. The van der Waals surface area contributed by atoms with Crippen molar-refractivity contribution in [2.75, 3.05) is 31.6 Å². The standard InChI is InChI=1S/C12H24N2O3S.ClH/c1-3-8-14(11-6-7-13-10-11)12(15)5-4-9-18(2,16)17;/h11,13H,3-10H2,1-2H3;1H. The first kappa shape index (κ1) is 18.7. The van der Waals surface area contributed by atoms with Gasteiger partial charge in [0.15, 0.2) is 0 Å². The zero-order chi connectivity index (χ0) is 13.6. The predicted molar refractivity (Wildman–Crippen MR) is 79.5 cm³/mol. The molecule has 1 amide bonds. The molecule has 5 nitrogen and oxygen atoms in total. The van der Waals surface area contributed by atoms with Crippen LogP contribution in [0, 0.1) is 0 Å². The van der Waals surface area contributed by atoms with Crippen molar-refractivity contribution in [1.29, 1.82) is 0 Å². The third-order valence-electron chi connectivity index (χ3n) is 3.17. The Morgan fingerprint density at radius 3 is 2.58 bits per heavy atom. The quantitative estimate of drug-likeness (QED) is 0.756. The van der Waals surface area contributed by atoms with Gasteiger partial charge < -0.3 is 10.2 Å². The number of hydrogen-bond donors (Lipinski definition) is 1. The van der Waals surface area contributed by atoms with Gasteiger partial charge in [-0.2, -0.15) is 0 Å². The molecule has 1 heterocycles. The minimum Gasteiger partial charge on any atom is -0.338 e. The number of rotatable bonds is 7. The van der Waals surface area contributed by atoms with Crippen molar-refractivity contribution in [2.45, 2.75) is 38.6 Å². The smallest absolute Gasteiger partial charge is 0.222 e. The second kappa shape index (κ2) is 8.76. The van der Waals surface area contributed by atoms with E-state index in [4.69, 9.17) is 0 Å². The van der Waals surface area contributed by atoms with Gasteiger partial charge in [0.25, 0.3) is 0 Å². The molecule has 1 saturated heterocycles. The fraction of sp³-hybridized carbons (Fsp3) is 0.917. The van der Waals surface area contributed by atoms with Gasteiger partial charge in [0.1, 0.15) is 9.84 Å². The summed E-state index contributed by atoms with van der Waals surface area (Å²) in [4.78, 5) is 14.0. The Bertz CT molecular complexity index is 367. The summed E-state index contributed by atoms with van der Waals surface area (Å²) in [7, 11) is -2.96. The summed E-state index contributed by atoms with van der Waals surface area (Å²) in [6.45, 7) is 4.64. The van der Waals surface area contributed by atoms with E-state index in [0.717, 1.165) is 32.5 Å². The van der Waals surface area contributed by atoms with Crippen molar-refractivity contribution < 1.29 is 13.2 Å². The van der Waals surface area contributed by atoms with E-state index in [1.807, 2.05) is 4.90 Å². The van der Waals surface area contributed by atoms with Crippen molar-refractivity contribution in [3.8, 4) is 0 Å². The molecule has 0 radical (unpaired) electrons. The molecule has 0 aliphatic carbocycles. The third kappa shape index (κ3) is 7.13. The highest BCUT2D eigenvalue weighted by Crippen LogP contribution is 2.12. The van der Waals surface area contributed by atoms with E-state index in [1.165, 1.54) is 6.26 Å². The van der Waals surface area contributed by atoms with Crippen LogP contribution in [0.4, 0.5) is 0 Å². The molecular formula is C12H25ClN2O3S. The zero-order valence-corrected chi connectivity index (χ0v) is 13.4. The molecule has 1 aliphatic heterocycles. The summed E-state index contributed by atoms with van der Waals surface area (Å²) in [5.74, 6) is 0.191. The van der Waals surface area contributed by atoms with Gasteiger partial charge in [-0.05, 0) is 25.8 Å². The van der Waals surface area contributed by atoms with Crippen LogP contribution in [0.5, 0.6) is 0 Å². The van der Waals surface area contributed by atoms with Gasteiger partial charge in [-0.25, -0.2) is 8.42 Å². The predicted octanol–water partition coefficient (Wildman–Crippen LogP) is 0.833. The number of carbonyl (C=O) groups excluding carboxylic acids is 1. The number of amides is 1. The topological polar surface area (TPSA) is 66.5 Å². The first-order chi connectivity index (χ1) is 8.44. The molecule has 0 aromatic carbocycles. The van der Waals surface area contributed by atoms with Crippen LogP contribution in [0.25, 0.3) is 0 Å². The molecule has 1 aliphatic rings. The molecule has 0 aromatic rings. The van der Waals surface area contributed by atoms with Crippen LogP contribution in [0.1, 0.15) is 32.6 Å². The molecule has 19 heavy (non-hydrogen) atoms. The van der Waals surface area contributed by atoms with E-state index in [2.05, 4.69) is 12.2 Å². The lowest BCUT2D eigenvalue weighted by Crippen LogP contribution is -2.42. The van der Waals surface area contributed by atoms with E-state index >= 15 is 0 Å².